The molecule has 0 amide bonds. The third kappa shape index (κ3) is 3.43. The van der Waals surface area contributed by atoms with Gasteiger partial charge in [-0.05, 0) is 52.3 Å². The summed E-state index contributed by atoms with van der Waals surface area (Å²) in [7, 11) is 0. The van der Waals surface area contributed by atoms with Crippen LogP contribution in [0.15, 0.2) is 59.5 Å². The molecule has 0 aliphatic rings. The second-order valence-corrected chi connectivity index (χ2v) is 5.67. The topological polar surface area (TPSA) is 42.7 Å². The van der Waals surface area contributed by atoms with Crippen molar-refractivity contribution in [1.82, 2.24) is 14.8 Å². The zero-order valence-electron chi connectivity index (χ0n) is 11.0. The van der Waals surface area contributed by atoms with Gasteiger partial charge in [-0.3, -0.25) is 0 Å². The highest BCUT2D eigenvalue weighted by Crippen LogP contribution is 2.24. The van der Waals surface area contributed by atoms with E-state index in [0.717, 1.165) is 21.7 Å². The lowest BCUT2D eigenvalue weighted by molar-refractivity contribution is 0.878. The van der Waals surface area contributed by atoms with Crippen LogP contribution in [0.5, 0.6) is 0 Å². The summed E-state index contributed by atoms with van der Waals surface area (Å²) in [6, 6.07) is 13.4. The first kappa shape index (κ1) is 14.1. The maximum atomic E-state index is 6.09. The minimum atomic E-state index is 0.605. The molecule has 0 saturated heterocycles. The summed E-state index contributed by atoms with van der Waals surface area (Å²) in [5.41, 5.74) is 2.79. The number of nitrogens with one attached hydrogen (secondary N) is 1. The van der Waals surface area contributed by atoms with Crippen molar-refractivity contribution in [1.29, 1.82) is 0 Å². The molecule has 2 heterocycles. The average Bonchev–Trinajstić information content (AvgIpc) is 2.99. The highest BCUT2D eigenvalue weighted by Gasteiger charge is 2.06. The van der Waals surface area contributed by atoms with E-state index in [9.17, 15) is 0 Å². The van der Waals surface area contributed by atoms with E-state index in [4.69, 9.17) is 11.6 Å². The van der Waals surface area contributed by atoms with E-state index in [1.54, 1.807) is 10.9 Å². The smallest absolute Gasteiger partial charge is 0.106 e. The minimum absolute atomic E-state index is 0.605. The number of benzene rings is 1. The lowest BCUT2D eigenvalue weighted by Gasteiger charge is -2.12. The molecule has 3 aromatic rings. The van der Waals surface area contributed by atoms with Crippen molar-refractivity contribution in [2.24, 2.45) is 0 Å². The summed E-state index contributed by atoms with van der Waals surface area (Å²) in [6.07, 6.45) is 3.64. The molecule has 0 fully saturated rings. The first-order chi connectivity index (χ1) is 10.2. The summed E-state index contributed by atoms with van der Waals surface area (Å²) in [5, 5.41) is 8.29. The number of rotatable bonds is 4. The number of pyridine rings is 1. The fourth-order valence-corrected chi connectivity index (χ4v) is 2.55. The predicted molar refractivity (Wildman–Crippen MR) is 87.8 cm³/mol. The molecule has 2 aromatic heterocycles. The number of hydrogen-bond acceptors (Lipinski definition) is 3. The van der Waals surface area contributed by atoms with E-state index in [2.05, 4.69) is 31.3 Å². The number of hydrogen-bond donors (Lipinski definition) is 1. The molecule has 0 aliphatic carbocycles. The fourth-order valence-electron chi connectivity index (χ4n) is 2.00. The monoisotopic (exact) mass is 362 g/mol. The Morgan fingerprint density at radius 1 is 1.19 bits per heavy atom. The summed E-state index contributed by atoms with van der Waals surface area (Å²) < 4.78 is 2.62. The van der Waals surface area contributed by atoms with Gasteiger partial charge >= 0.3 is 0 Å². The number of aromatic nitrogens is 3. The number of nitrogens with zero attached hydrogens (tertiary/aromatic N) is 3. The zero-order valence-corrected chi connectivity index (χ0v) is 13.3. The molecule has 21 heavy (non-hydrogen) atoms. The van der Waals surface area contributed by atoms with Gasteiger partial charge in [-0.25, -0.2) is 9.67 Å². The molecule has 6 heteroatoms. The van der Waals surface area contributed by atoms with Crippen LogP contribution >= 0.6 is 27.5 Å². The largest absolute Gasteiger partial charge is 0.378 e. The lowest BCUT2D eigenvalue weighted by atomic mass is 10.2. The van der Waals surface area contributed by atoms with Crippen LogP contribution in [0.3, 0.4) is 0 Å². The van der Waals surface area contributed by atoms with Gasteiger partial charge in [-0.1, -0.05) is 17.7 Å². The number of anilines is 1. The second kappa shape index (κ2) is 6.28. The highest BCUT2D eigenvalue weighted by molar-refractivity contribution is 9.10. The van der Waals surface area contributed by atoms with E-state index in [1.165, 1.54) is 0 Å². The van der Waals surface area contributed by atoms with Gasteiger partial charge in [-0.2, -0.15) is 5.10 Å². The Kier molecular flexibility index (Phi) is 4.22. The summed E-state index contributed by atoms with van der Waals surface area (Å²) in [4.78, 5) is 4.40. The molecular formula is C15H12BrClN4. The summed E-state index contributed by atoms with van der Waals surface area (Å²) in [6.45, 7) is 0.605. The van der Waals surface area contributed by atoms with Gasteiger partial charge in [0, 0.05) is 17.4 Å². The molecular weight excluding hydrogens is 352 g/mol. The molecule has 0 saturated carbocycles. The maximum Gasteiger partial charge on any atom is 0.106 e. The predicted octanol–water partition coefficient (Wildman–Crippen LogP) is 4.30. The standard InChI is InChI=1S/C15H12BrClN4/c16-15-4-1-3-12(20-15)10-18-13-9-11(17)5-6-14(13)21-8-2-7-19-21/h1-9,18H,10H2. The number of halogens is 2. The molecule has 1 N–H and O–H groups in total. The summed E-state index contributed by atoms with van der Waals surface area (Å²) in [5.74, 6) is 0. The van der Waals surface area contributed by atoms with Crippen molar-refractivity contribution >= 4 is 33.2 Å². The third-order valence-corrected chi connectivity index (χ3v) is 3.62. The normalized spacial score (nSPS) is 10.6. The van der Waals surface area contributed by atoms with Crippen LogP contribution in [-0.2, 0) is 6.54 Å². The molecule has 0 aliphatic heterocycles. The Hall–Kier alpha value is -1.85. The van der Waals surface area contributed by atoms with Crippen molar-refractivity contribution in [2.75, 3.05) is 5.32 Å². The Morgan fingerprint density at radius 3 is 2.86 bits per heavy atom. The highest BCUT2D eigenvalue weighted by atomic mass is 79.9. The average molecular weight is 364 g/mol. The fraction of sp³-hybridized carbons (Fsp3) is 0.0667. The molecule has 0 bridgehead atoms. The third-order valence-electron chi connectivity index (χ3n) is 2.94. The quantitative estimate of drug-likeness (QED) is 0.703. The van der Waals surface area contributed by atoms with Crippen LogP contribution < -0.4 is 5.32 Å². The maximum absolute atomic E-state index is 6.09. The zero-order chi connectivity index (χ0) is 14.7. The SMILES string of the molecule is Clc1ccc(-n2cccn2)c(NCc2cccc(Br)n2)c1. The van der Waals surface area contributed by atoms with Crippen molar-refractivity contribution in [3.8, 4) is 5.69 Å². The van der Waals surface area contributed by atoms with Gasteiger partial charge in [-0.15, -0.1) is 0 Å². The lowest BCUT2D eigenvalue weighted by Crippen LogP contribution is -2.06. The molecule has 3 rings (SSSR count). The van der Waals surface area contributed by atoms with E-state index in [-0.39, 0.29) is 0 Å². The van der Waals surface area contributed by atoms with Crippen molar-refractivity contribution < 1.29 is 0 Å². The van der Waals surface area contributed by atoms with E-state index in [0.29, 0.717) is 11.6 Å². The van der Waals surface area contributed by atoms with Crippen molar-refractivity contribution in [3.05, 3.63) is 70.2 Å². The van der Waals surface area contributed by atoms with Crippen LogP contribution in [0.4, 0.5) is 5.69 Å². The van der Waals surface area contributed by atoms with Gasteiger partial charge in [0.2, 0.25) is 0 Å². The second-order valence-electron chi connectivity index (χ2n) is 4.42. The van der Waals surface area contributed by atoms with Gasteiger partial charge in [0.05, 0.1) is 23.6 Å². The Balaban J connectivity index is 1.86. The van der Waals surface area contributed by atoms with Gasteiger partial charge in [0.25, 0.3) is 0 Å². The first-order valence-electron chi connectivity index (χ1n) is 6.37. The molecule has 0 radical (unpaired) electrons. The van der Waals surface area contributed by atoms with E-state index < -0.39 is 0 Å². The first-order valence-corrected chi connectivity index (χ1v) is 7.54. The molecule has 4 nitrogen and oxygen atoms in total. The molecule has 1 aromatic carbocycles. The van der Waals surface area contributed by atoms with Crippen LogP contribution in [0.2, 0.25) is 5.02 Å². The Morgan fingerprint density at radius 2 is 2.10 bits per heavy atom. The van der Waals surface area contributed by atoms with Crippen molar-refractivity contribution in [2.45, 2.75) is 6.54 Å². The van der Waals surface area contributed by atoms with Gasteiger partial charge < -0.3 is 5.32 Å². The van der Waals surface area contributed by atoms with Crippen LogP contribution in [0.1, 0.15) is 5.69 Å². The van der Waals surface area contributed by atoms with E-state index in [1.807, 2.05) is 48.7 Å². The minimum Gasteiger partial charge on any atom is -0.378 e. The summed E-state index contributed by atoms with van der Waals surface area (Å²) >= 11 is 9.46. The molecule has 0 spiro atoms. The Labute approximate surface area is 135 Å². The van der Waals surface area contributed by atoms with E-state index >= 15 is 0 Å². The van der Waals surface area contributed by atoms with Crippen molar-refractivity contribution in [3.63, 3.8) is 0 Å². The van der Waals surface area contributed by atoms with Crippen LogP contribution in [0, 0.1) is 0 Å². The Bertz CT molecular complexity index is 743. The molecule has 0 unspecified atom stereocenters. The molecule has 0 atom stereocenters. The van der Waals surface area contributed by atoms with Gasteiger partial charge in [0.1, 0.15) is 4.60 Å². The van der Waals surface area contributed by atoms with Crippen LogP contribution in [0.25, 0.3) is 5.69 Å². The molecule has 106 valence electrons. The van der Waals surface area contributed by atoms with Gasteiger partial charge in [0.15, 0.2) is 0 Å². The van der Waals surface area contributed by atoms with Crippen LogP contribution in [-0.4, -0.2) is 14.8 Å².